The standard InChI is InChI=1S/C23H32BNO6S.C17H20BNO5S.C4H8O.CH4.ClH.FH/c1-7-25(8-2)32(27,28)20-12-9-18(10-13-20)29-19-11-14-21(17(15-19)16-26)24-30-22(3,4)23(5,6)31-24;1-3-19(4-2)25(21,22)16-8-5-14(6-9-16)24-15-7-10-17-13(11-15)12-23-18(17)20;1-2-4-5-3-1;;;/h9-15,26H,7-8,16H2,1-6H3;5-11,20H,3-4,12H2,1-2H3;1-4H2;1H4;2*1H. The summed E-state index contributed by atoms with van der Waals surface area (Å²) in [6.07, 6.45) is 2.56. The molecular formula is C45H66B2ClFN2O12S2. The van der Waals surface area contributed by atoms with Gasteiger partial charge in [-0.25, -0.2) is 16.8 Å². The fourth-order valence-corrected chi connectivity index (χ4v) is 9.74. The smallest absolute Gasteiger partial charge is 0.457 e. The van der Waals surface area contributed by atoms with Gasteiger partial charge >= 0.3 is 14.2 Å². The van der Waals surface area contributed by atoms with E-state index in [9.17, 15) is 27.0 Å². The molecule has 0 aromatic heterocycles. The number of aliphatic hydroxyl groups excluding tert-OH is 1. The van der Waals surface area contributed by atoms with Crippen LogP contribution in [0.1, 0.15) is 86.8 Å². The van der Waals surface area contributed by atoms with E-state index >= 15 is 0 Å². The second-order valence-electron chi connectivity index (χ2n) is 15.8. The van der Waals surface area contributed by atoms with Crippen LogP contribution in [0.3, 0.4) is 0 Å². The summed E-state index contributed by atoms with van der Waals surface area (Å²) in [5, 5.41) is 19.5. The highest BCUT2D eigenvalue weighted by molar-refractivity contribution is 7.89. The van der Waals surface area contributed by atoms with Gasteiger partial charge in [0.15, 0.2) is 0 Å². The number of fused-ring (bicyclic) bond motifs is 1. The van der Waals surface area contributed by atoms with Gasteiger partial charge in [-0.05, 0) is 135 Å². The SMILES string of the molecule is C.C1CCOC1.CCN(CC)S(=O)(=O)c1ccc(Oc2ccc(B3OC(C)(C)C(C)(C)O3)c(CO)c2)cc1.CCN(CC)S(=O)(=O)c1ccc(Oc2ccc3c(c2)COB3O)cc1.Cl.F. The van der Waals surface area contributed by atoms with Crippen molar-refractivity contribution in [2.75, 3.05) is 39.4 Å². The van der Waals surface area contributed by atoms with Gasteiger partial charge < -0.3 is 38.3 Å². The number of ether oxygens (including phenoxy) is 3. The number of rotatable bonds is 14. The second kappa shape index (κ2) is 25.0. The molecule has 4 aromatic rings. The van der Waals surface area contributed by atoms with E-state index in [1.165, 1.54) is 33.6 Å². The van der Waals surface area contributed by atoms with E-state index in [0.717, 1.165) is 29.7 Å². The Balaban J connectivity index is 0.000000393. The Morgan fingerprint density at radius 1 is 0.646 bits per heavy atom. The summed E-state index contributed by atoms with van der Waals surface area (Å²) in [5.74, 6) is 2.16. The molecule has 0 bridgehead atoms. The zero-order valence-corrected chi connectivity index (χ0v) is 40.3. The number of aliphatic hydroxyl groups is 1. The molecule has 0 saturated carbocycles. The average Bonchev–Trinajstić information content (AvgIpc) is 4.00. The first-order valence-corrected chi connectivity index (χ1v) is 23.9. The number of hydrogen-bond acceptors (Lipinski definition) is 12. The van der Waals surface area contributed by atoms with E-state index in [0.29, 0.717) is 61.3 Å². The van der Waals surface area contributed by atoms with Crippen molar-refractivity contribution in [3.05, 3.63) is 96.1 Å². The predicted octanol–water partition coefficient (Wildman–Crippen LogP) is 7.04. The lowest BCUT2D eigenvalue weighted by atomic mass is 9.76. The van der Waals surface area contributed by atoms with Crippen molar-refractivity contribution >= 4 is 57.6 Å². The van der Waals surface area contributed by atoms with E-state index in [4.69, 9.17) is 28.2 Å². The van der Waals surface area contributed by atoms with E-state index < -0.39 is 45.5 Å². The summed E-state index contributed by atoms with van der Waals surface area (Å²) in [4.78, 5) is 0.467. The van der Waals surface area contributed by atoms with Gasteiger partial charge in [-0.15, -0.1) is 12.4 Å². The van der Waals surface area contributed by atoms with E-state index in [1.807, 2.05) is 67.5 Å². The van der Waals surface area contributed by atoms with Crippen LogP contribution in [-0.4, -0.2) is 100 Å². The van der Waals surface area contributed by atoms with Gasteiger partial charge in [-0.3, -0.25) is 4.70 Å². The summed E-state index contributed by atoms with van der Waals surface area (Å²) in [6, 6.07) is 23.3. The Hall–Kier alpha value is -3.59. The molecule has 3 aliphatic heterocycles. The van der Waals surface area contributed by atoms with Gasteiger partial charge in [0.25, 0.3) is 0 Å². The van der Waals surface area contributed by atoms with Crippen LogP contribution in [0.4, 0.5) is 4.70 Å². The summed E-state index contributed by atoms with van der Waals surface area (Å²) < 4.78 is 87.0. The van der Waals surface area contributed by atoms with Gasteiger partial charge in [0.2, 0.25) is 20.0 Å². The third-order valence-corrected chi connectivity index (χ3v) is 15.3. The Kier molecular flexibility index (Phi) is 22.1. The lowest BCUT2D eigenvalue weighted by molar-refractivity contribution is 0.00578. The van der Waals surface area contributed by atoms with Crippen LogP contribution < -0.4 is 20.4 Å². The number of nitrogens with zero attached hydrogens (tertiary/aromatic N) is 2. The van der Waals surface area contributed by atoms with Crippen molar-refractivity contribution in [1.29, 1.82) is 0 Å². The van der Waals surface area contributed by atoms with E-state index in [2.05, 4.69) is 0 Å². The highest BCUT2D eigenvalue weighted by atomic mass is 35.5. The molecule has 4 aromatic carbocycles. The van der Waals surface area contributed by atoms with Crippen molar-refractivity contribution in [2.45, 2.75) is 110 Å². The molecule has 0 radical (unpaired) electrons. The van der Waals surface area contributed by atoms with Gasteiger partial charge in [-0.2, -0.15) is 8.61 Å². The molecule has 2 saturated heterocycles. The minimum absolute atomic E-state index is 0. The maximum absolute atomic E-state index is 12.6. The molecule has 65 heavy (non-hydrogen) atoms. The first-order valence-electron chi connectivity index (χ1n) is 21.1. The van der Waals surface area contributed by atoms with Crippen LogP contribution in [0.5, 0.6) is 23.0 Å². The van der Waals surface area contributed by atoms with Gasteiger partial charge in [0, 0.05) is 39.4 Å². The quantitative estimate of drug-likeness (QED) is 0.124. The summed E-state index contributed by atoms with van der Waals surface area (Å²) in [6.45, 7) is 19.0. The second-order valence-corrected chi connectivity index (χ2v) is 19.7. The molecule has 360 valence electrons. The van der Waals surface area contributed by atoms with E-state index in [-0.39, 0.29) is 40.9 Å². The van der Waals surface area contributed by atoms with Gasteiger partial charge in [-0.1, -0.05) is 47.3 Å². The maximum Gasteiger partial charge on any atom is 0.495 e. The Bertz CT molecular complexity index is 2290. The summed E-state index contributed by atoms with van der Waals surface area (Å²) in [7, 11) is -8.45. The van der Waals surface area contributed by atoms with Crippen molar-refractivity contribution < 1.29 is 59.8 Å². The van der Waals surface area contributed by atoms with Crippen LogP contribution in [0.15, 0.2) is 94.7 Å². The first-order chi connectivity index (χ1) is 29.4. The highest BCUT2D eigenvalue weighted by Gasteiger charge is 2.52. The highest BCUT2D eigenvalue weighted by Crippen LogP contribution is 2.37. The monoisotopic (exact) mass is 966 g/mol. The fraction of sp³-hybridized carbons (Fsp3) is 0.467. The predicted molar refractivity (Wildman–Crippen MR) is 257 cm³/mol. The number of halogens is 2. The number of hydrogen-bond donors (Lipinski definition) is 2. The molecule has 0 atom stereocenters. The molecule has 3 aliphatic rings. The summed E-state index contributed by atoms with van der Waals surface area (Å²) >= 11 is 0. The maximum atomic E-state index is 12.6. The topological polar surface area (TPSA) is 171 Å². The van der Waals surface area contributed by atoms with Crippen LogP contribution in [-0.2, 0) is 52.0 Å². The van der Waals surface area contributed by atoms with Gasteiger partial charge in [0.1, 0.15) is 23.0 Å². The minimum Gasteiger partial charge on any atom is -0.457 e. The zero-order chi connectivity index (χ0) is 45.3. The lowest BCUT2D eigenvalue weighted by Gasteiger charge is -2.32. The van der Waals surface area contributed by atoms with Crippen LogP contribution in [0.2, 0.25) is 0 Å². The molecule has 0 aliphatic carbocycles. The molecular weight excluding hydrogens is 901 g/mol. The van der Waals surface area contributed by atoms with Crippen molar-refractivity contribution in [2.24, 2.45) is 0 Å². The van der Waals surface area contributed by atoms with Crippen molar-refractivity contribution in [1.82, 2.24) is 8.61 Å². The lowest BCUT2D eigenvalue weighted by Crippen LogP contribution is -2.41. The first kappa shape index (κ1) is 57.5. The molecule has 2 N–H and O–H groups in total. The number of benzene rings is 4. The van der Waals surface area contributed by atoms with Crippen LogP contribution in [0, 0.1) is 0 Å². The Morgan fingerprint density at radius 2 is 1.05 bits per heavy atom. The Morgan fingerprint density at radius 3 is 1.43 bits per heavy atom. The van der Waals surface area contributed by atoms with Crippen LogP contribution in [0.25, 0.3) is 0 Å². The molecule has 3 heterocycles. The largest absolute Gasteiger partial charge is 0.495 e. The third-order valence-electron chi connectivity index (χ3n) is 11.2. The molecule has 0 spiro atoms. The molecule has 7 rings (SSSR count). The van der Waals surface area contributed by atoms with Gasteiger partial charge in [0.05, 0.1) is 34.2 Å². The van der Waals surface area contributed by atoms with Crippen LogP contribution >= 0.6 is 12.4 Å². The fourth-order valence-electron chi connectivity index (χ4n) is 6.82. The third kappa shape index (κ3) is 14.0. The minimum atomic E-state index is -3.52. The summed E-state index contributed by atoms with van der Waals surface area (Å²) in [5.41, 5.74) is 2.05. The Labute approximate surface area is 392 Å². The average molecular weight is 967 g/mol. The molecule has 20 heteroatoms. The molecule has 0 amide bonds. The molecule has 14 nitrogen and oxygen atoms in total. The molecule has 2 fully saturated rings. The molecule has 0 unspecified atom stereocenters. The van der Waals surface area contributed by atoms with Crippen molar-refractivity contribution in [3.8, 4) is 23.0 Å². The van der Waals surface area contributed by atoms with Crippen molar-refractivity contribution in [3.63, 3.8) is 0 Å². The number of sulfonamides is 2. The van der Waals surface area contributed by atoms with E-state index in [1.54, 1.807) is 60.7 Å². The zero-order valence-electron chi connectivity index (χ0n) is 37.8. The normalized spacial score (nSPS) is 15.9.